The van der Waals surface area contributed by atoms with Gasteiger partial charge in [0.25, 0.3) is 17.5 Å². The van der Waals surface area contributed by atoms with Gasteiger partial charge in [-0.3, -0.25) is 19.7 Å². The summed E-state index contributed by atoms with van der Waals surface area (Å²) in [5.41, 5.74) is 0.520. The van der Waals surface area contributed by atoms with E-state index in [0.29, 0.717) is 15.5 Å². The summed E-state index contributed by atoms with van der Waals surface area (Å²) in [4.78, 5) is 48.3. The minimum Gasteiger partial charge on any atom is -0.462 e. The number of amides is 2. The SMILES string of the molecule is CCOC(=O)c1c(N=Nc2ccc(N3C(=O)C=CC3=O)c([N+](=O)[O-])c2)sc(C)c1C. The minimum atomic E-state index is -0.712. The van der Waals surface area contributed by atoms with Crippen LogP contribution < -0.4 is 4.90 Å². The summed E-state index contributed by atoms with van der Waals surface area (Å²) < 4.78 is 5.06. The van der Waals surface area contributed by atoms with Crippen LogP contribution in [-0.4, -0.2) is 29.3 Å². The van der Waals surface area contributed by atoms with E-state index in [0.717, 1.165) is 28.7 Å². The van der Waals surface area contributed by atoms with Gasteiger partial charge >= 0.3 is 5.97 Å². The lowest BCUT2D eigenvalue weighted by molar-refractivity contribution is -0.384. The van der Waals surface area contributed by atoms with Crippen molar-refractivity contribution in [2.45, 2.75) is 20.8 Å². The van der Waals surface area contributed by atoms with E-state index < -0.39 is 28.4 Å². The van der Waals surface area contributed by atoms with E-state index in [1.165, 1.54) is 23.5 Å². The first-order valence-electron chi connectivity index (χ1n) is 8.78. The molecule has 3 rings (SSSR count). The van der Waals surface area contributed by atoms with E-state index in [1.54, 1.807) is 13.8 Å². The number of hydrogen-bond donors (Lipinski definition) is 0. The molecule has 0 atom stereocenters. The number of rotatable bonds is 6. The van der Waals surface area contributed by atoms with Crippen molar-refractivity contribution in [3.05, 3.63) is 56.5 Å². The molecule has 0 saturated heterocycles. The highest BCUT2D eigenvalue weighted by Gasteiger charge is 2.31. The summed E-state index contributed by atoms with van der Waals surface area (Å²) in [5, 5.41) is 19.9. The molecule has 30 heavy (non-hydrogen) atoms. The van der Waals surface area contributed by atoms with Gasteiger partial charge in [-0.05, 0) is 38.5 Å². The standard InChI is InChI=1S/C19H16N4O6S/c1-4-29-19(26)17-10(2)11(3)30-18(17)21-20-12-5-6-13(14(9-12)23(27)28)22-15(24)7-8-16(22)25/h5-9H,4H2,1-3H3. The summed E-state index contributed by atoms with van der Waals surface area (Å²) in [7, 11) is 0. The number of carbonyl (C=O) groups is 3. The summed E-state index contributed by atoms with van der Waals surface area (Å²) in [6.45, 7) is 5.51. The Bertz CT molecular complexity index is 1120. The lowest BCUT2D eigenvalue weighted by atomic mass is 10.1. The second-order valence-corrected chi connectivity index (χ2v) is 7.36. The normalized spacial score (nSPS) is 13.5. The van der Waals surface area contributed by atoms with Crippen LogP contribution in [0.3, 0.4) is 0 Å². The number of aryl methyl sites for hydroxylation is 1. The fourth-order valence-corrected chi connectivity index (χ4v) is 3.74. The average molecular weight is 428 g/mol. The molecule has 0 aliphatic carbocycles. The Morgan fingerprint density at radius 1 is 1.20 bits per heavy atom. The van der Waals surface area contributed by atoms with Crippen molar-refractivity contribution < 1.29 is 24.0 Å². The number of benzene rings is 1. The molecule has 0 spiro atoms. The van der Waals surface area contributed by atoms with E-state index in [4.69, 9.17) is 4.74 Å². The van der Waals surface area contributed by atoms with Gasteiger partial charge < -0.3 is 4.74 Å². The number of esters is 1. The molecule has 0 saturated carbocycles. The van der Waals surface area contributed by atoms with Gasteiger partial charge in [0.15, 0.2) is 5.00 Å². The number of nitro groups is 1. The third kappa shape index (κ3) is 3.87. The first-order chi connectivity index (χ1) is 14.2. The highest BCUT2D eigenvalue weighted by atomic mass is 32.1. The van der Waals surface area contributed by atoms with Crippen LogP contribution >= 0.6 is 11.3 Å². The number of anilines is 1. The molecule has 2 aromatic rings. The molecular weight excluding hydrogens is 412 g/mol. The molecule has 0 bridgehead atoms. The minimum absolute atomic E-state index is 0.121. The summed E-state index contributed by atoms with van der Waals surface area (Å²) >= 11 is 1.25. The van der Waals surface area contributed by atoms with Crippen LogP contribution in [-0.2, 0) is 14.3 Å². The maximum absolute atomic E-state index is 12.2. The molecule has 1 aromatic heterocycles. The average Bonchev–Trinajstić information content (AvgIpc) is 3.18. The fourth-order valence-electron chi connectivity index (χ4n) is 2.77. The zero-order chi connectivity index (χ0) is 22.0. The first-order valence-corrected chi connectivity index (χ1v) is 9.59. The summed E-state index contributed by atoms with van der Waals surface area (Å²) in [6.07, 6.45) is 2.08. The van der Waals surface area contributed by atoms with Crippen molar-refractivity contribution in [2.75, 3.05) is 11.5 Å². The zero-order valence-electron chi connectivity index (χ0n) is 16.2. The van der Waals surface area contributed by atoms with Gasteiger partial charge in [0, 0.05) is 23.1 Å². The Morgan fingerprint density at radius 2 is 1.87 bits per heavy atom. The van der Waals surface area contributed by atoms with Crippen LogP contribution in [0.25, 0.3) is 0 Å². The predicted octanol–water partition coefficient (Wildman–Crippen LogP) is 4.29. The van der Waals surface area contributed by atoms with Gasteiger partial charge in [0.05, 0.1) is 17.2 Å². The molecular formula is C19H16N4O6S. The Kier molecular flexibility index (Phi) is 5.83. The van der Waals surface area contributed by atoms with Crippen LogP contribution in [0.2, 0.25) is 0 Å². The highest BCUT2D eigenvalue weighted by molar-refractivity contribution is 7.16. The van der Waals surface area contributed by atoms with Gasteiger partial charge in [0.1, 0.15) is 11.3 Å². The van der Waals surface area contributed by atoms with Crippen molar-refractivity contribution in [1.29, 1.82) is 0 Å². The Balaban J connectivity index is 1.98. The number of hydrogen-bond acceptors (Lipinski definition) is 9. The molecule has 2 heterocycles. The number of nitrogens with zero attached hydrogens (tertiary/aromatic N) is 4. The fraction of sp³-hybridized carbons (Fsp3) is 0.211. The monoisotopic (exact) mass is 428 g/mol. The topological polar surface area (TPSA) is 132 Å². The zero-order valence-corrected chi connectivity index (χ0v) is 17.1. The Hall–Kier alpha value is -3.73. The second kappa shape index (κ2) is 8.33. The molecule has 1 aromatic carbocycles. The lowest BCUT2D eigenvalue weighted by Gasteiger charge is -2.13. The Morgan fingerprint density at radius 3 is 2.47 bits per heavy atom. The van der Waals surface area contributed by atoms with E-state index >= 15 is 0 Å². The van der Waals surface area contributed by atoms with Crippen LogP contribution in [0.1, 0.15) is 27.7 Å². The van der Waals surface area contributed by atoms with Crippen molar-refractivity contribution in [3.8, 4) is 0 Å². The first kappa shape index (κ1) is 21.0. The maximum atomic E-state index is 12.2. The number of azo groups is 1. The van der Waals surface area contributed by atoms with Crippen molar-refractivity contribution >= 4 is 51.2 Å². The van der Waals surface area contributed by atoms with Crippen molar-refractivity contribution in [2.24, 2.45) is 10.2 Å². The van der Waals surface area contributed by atoms with Crippen LogP contribution in [0, 0.1) is 24.0 Å². The molecule has 2 amide bonds. The van der Waals surface area contributed by atoms with E-state index in [-0.39, 0.29) is 18.0 Å². The van der Waals surface area contributed by atoms with Gasteiger partial charge in [-0.25, -0.2) is 9.69 Å². The van der Waals surface area contributed by atoms with Gasteiger partial charge in [-0.1, -0.05) is 0 Å². The smallest absolute Gasteiger partial charge is 0.341 e. The summed E-state index contributed by atoms with van der Waals surface area (Å²) in [5.74, 6) is -1.85. The lowest BCUT2D eigenvalue weighted by Crippen LogP contribution is -2.30. The number of ether oxygens (including phenoxy) is 1. The van der Waals surface area contributed by atoms with Crippen LogP contribution in [0.15, 0.2) is 40.6 Å². The van der Waals surface area contributed by atoms with E-state index in [2.05, 4.69) is 10.2 Å². The van der Waals surface area contributed by atoms with Crippen LogP contribution in [0.5, 0.6) is 0 Å². The largest absolute Gasteiger partial charge is 0.462 e. The predicted molar refractivity (Wildman–Crippen MR) is 109 cm³/mol. The molecule has 0 N–H and O–H groups in total. The molecule has 1 aliphatic rings. The molecule has 0 unspecified atom stereocenters. The van der Waals surface area contributed by atoms with E-state index in [1.807, 2.05) is 6.92 Å². The van der Waals surface area contributed by atoms with Crippen LogP contribution in [0.4, 0.5) is 22.1 Å². The molecule has 154 valence electrons. The molecule has 0 fully saturated rings. The third-order valence-electron chi connectivity index (χ3n) is 4.31. The maximum Gasteiger partial charge on any atom is 0.341 e. The second-order valence-electron chi connectivity index (χ2n) is 6.16. The Labute approximate surface area is 174 Å². The third-order valence-corrected chi connectivity index (χ3v) is 5.40. The van der Waals surface area contributed by atoms with Gasteiger partial charge in [-0.2, -0.15) is 0 Å². The molecule has 0 radical (unpaired) electrons. The van der Waals surface area contributed by atoms with Gasteiger partial charge in [0.2, 0.25) is 0 Å². The quantitative estimate of drug-likeness (QED) is 0.222. The molecule has 1 aliphatic heterocycles. The highest BCUT2D eigenvalue weighted by Crippen LogP contribution is 2.38. The van der Waals surface area contributed by atoms with Crippen molar-refractivity contribution in [1.82, 2.24) is 0 Å². The molecule has 11 heteroatoms. The number of thiophene rings is 1. The number of nitro benzene ring substituents is 1. The van der Waals surface area contributed by atoms with E-state index in [9.17, 15) is 24.5 Å². The van der Waals surface area contributed by atoms with Gasteiger partial charge in [-0.15, -0.1) is 21.6 Å². The summed E-state index contributed by atoms with van der Waals surface area (Å²) in [6, 6.07) is 3.75. The number of carbonyl (C=O) groups excluding carboxylic acids is 3. The molecule has 10 nitrogen and oxygen atoms in total. The van der Waals surface area contributed by atoms with Crippen molar-refractivity contribution in [3.63, 3.8) is 0 Å². The number of imide groups is 1.